The Bertz CT molecular complexity index is 866. The van der Waals surface area contributed by atoms with Crippen LogP contribution in [0.4, 0.5) is 0 Å². The molecule has 3 aromatic rings. The molecule has 24 heavy (non-hydrogen) atoms. The zero-order chi connectivity index (χ0) is 16.7. The van der Waals surface area contributed by atoms with Crippen molar-refractivity contribution in [2.75, 3.05) is 7.05 Å². The molecule has 2 aromatic heterocycles. The number of hydrogen-bond acceptors (Lipinski definition) is 6. The SMILES string of the molecule is Cc1nnc2n1CC(C(=O)NCc1nc3ccccc3o1)N(C)C2. The number of benzene rings is 1. The van der Waals surface area contributed by atoms with E-state index in [2.05, 4.69) is 20.5 Å². The minimum absolute atomic E-state index is 0.0569. The Hall–Kier alpha value is -2.74. The molecule has 1 atom stereocenters. The first-order valence-electron chi connectivity index (χ1n) is 7.83. The van der Waals surface area contributed by atoms with Gasteiger partial charge in [0.15, 0.2) is 5.58 Å². The minimum atomic E-state index is -0.267. The summed E-state index contributed by atoms with van der Waals surface area (Å²) in [5, 5.41) is 11.1. The Labute approximate surface area is 138 Å². The molecule has 3 heterocycles. The van der Waals surface area contributed by atoms with Crippen LogP contribution >= 0.6 is 0 Å². The van der Waals surface area contributed by atoms with Crippen molar-refractivity contribution in [1.82, 2.24) is 30.0 Å². The molecule has 1 aliphatic rings. The number of rotatable bonds is 3. The molecule has 0 saturated carbocycles. The second-order valence-electron chi connectivity index (χ2n) is 6.00. The van der Waals surface area contributed by atoms with Crippen LogP contribution in [0.1, 0.15) is 17.5 Å². The van der Waals surface area contributed by atoms with Gasteiger partial charge in [0.05, 0.1) is 19.6 Å². The van der Waals surface area contributed by atoms with Crippen molar-refractivity contribution in [3.8, 4) is 0 Å². The van der Waals surface area contributed by atoms with Crippen molar-refractivity contribution in [3.05, 3.63) is 41.8 Å². The van der Waals surface area contributed by atoms with E-state index < -0.39 is 0 Å². The van der Waals surface area contributed by atoms with Gasteiger partial charge in [0.1, 0.15) is 23.2 Å². The number of aromatic nitrogens is 4. The maximum atomic E-state index is 12.6. The van der Waals surface area contributed by atoms with Crippen LogP contribution in [0.25, 0.3) is 11.1 Å². The van der Waals surface area contributed by atoms with E-state index in [1.807, 2.05) is 47.7 Å². The van der Waals surface area contributed by atoms with Crippen molar-refractivity contribution in [1.29, 1.82) is 0 Å². The Balaban J connectivity index is 1.45. The van der Waals surface area contributed by atoms with Gasteiger partial charge in [-0.05, 0) is 26.1 Å². The number of likely N-dealkylation sites (N-methyl/N-ethyl adjacent to an activating group) is 1. The minimum Gasteiger partial charge on any atom is -0.439 e. The van der Waals surface area contributed by atoms with Crippen LogP contribution in [0.5, 0.6) is 0 Å². The van der Waals surface area contributed by atoms with E-state index in [1.165, 1.54) is 0 Å². The summed E-state index contributed by atoms with van der Waals surface area (Å²) in [6, 6.07) is 7.28. The summed E-state index contributed by atoms with van der Waals surface area (Å²) in [7, 11) is 1.91. The molecular weight excluding hydrogens is 308 g/mol. The summed E-state index contributed by atoms with van der Waals surface area (Å²) >= 11 is 0. The molecule has 0 saturated heterocycles. The number of fused-ring (bicyclic) bond motifs is 2. The number of nitrogens with zero attached hydrogens (tertiary/aromatic N) is 5. The van der Waals surface area contributed by atoms with E-state index in [-0.39, 0.29) is 18.5 Å². The Kier molecular flexibility index (Phi) is 3.53. The maximum Gasteiger partial charge on any atom is 0.239 e. The van der Waals surface area contributed by atoms with Gasteiger partial charge >= 0.3 is 0 Å². The second-order valence-corrected chi connectivity index (χ2v) is 6.00. The van der Waals surface area contributed by atoms with Crippen molar-refractivity contribution in [3.63, 3.8) is 0 Å². The molecule has 0 bridgehead atoms. The standard InChI is InChI=1S/C16H18N6O2/c1-10-19-20-14-9-21(2)12(8-22(10)14)16(23)17-7-15-18-11-5-3-4-6-13(11)24-15/h3-6,12H,7-9H2,1-2H3,(H,17,23). The summed E-state index contributed by atoms with van der Waals surface area (Å²) in [5.74, 6) is 2.16. The lowest BCUT2D eigenvalue weighted by atomic mass is 10.2. The summed E-state index contributed by atoms with van der Waals surface area (Å²) in [4.78, 5) is 18.9. The lowest BCUT2D eigenvalue weighted by Gasteiger charge is -2.31. The molecule has 1 amide bonds. The summed E-state index contributed by atoms with van der Waals surface area (Å²) in [6.07, 6.45) is 0. The largest absolute Gasteiger partial charge is 0.439 e. The molecule has 8 heteroatoms. The van der Waals surface area contributed by atoms with Crippen LogP contribution < -0.4 is 5.32 Å². The molecule has 0 aliphatic carbocycles. The molecule has 1 unspecified atom stereocenters. The van der Waals surface area contributed by atoms with Crippen LogP contribution in [0.2, 0.25) is 0 Å². The molecular formula is C16H18N6O2. The molecule has 124 valence electrons. The summed E-state index contributed by atoms with van der Waals surface area (Å²) in [6.45, 7) is 3.31. The van der Waals surface area contributed by atoms with Gasteiger partial charge < -0.3 is 14.3 Å². The predicted octanol–water partition coefficient (Wildman–Crippen LogP) is 0.858. The third-order valence-electron chi connectivity index (χ3n) is 4.35. The second kappa shape index (κ2) is 5.72. The van der Waals surface area contributed by atoms with Crippen LogP contribution in [0.3, 0.4) is 0 Å². The average Bonchev–Trinajstić information content (AvgIpc) is 3.15. The van der Waals surface area contributed by atoms with Gasteiger partial charge in [0.2, 0.25) is 11.8 Å². The number of carbonyl (C=O) groups is 1. The van der Waals surface area contributed by atoms with Gasteiger partial charge in [-0.1, -0.05) is 12.1 Å². The normalized spacial score (nSPS) is 17.8. The maximum absolute atomic E-state index is 12.6. The quantitative estimate of drug-likeness (QED) is 0.768. The number of nitrogens with one attached hydrogen (secondary N) is 1. The van der Waals surface area contributed by atoms with Gasteiger partial charge in [-0.2, -0.15) is 0 Å². The van der Waals surface area contributed by atoms with Gasteiger partial charge in [-0.15, -0.1) is 10.2 Å². The number of para-hydroxylation sites is 2. The lowest BCUT2D eigenvalue weighted by Crippen LogP contribution is -2.50. The molecule has 1 N–H and O–H groups in total. The first-order chi connectivity index (χ1) is 11.6. The number of hydrogen-bond donors (Lipinski definition) is 1. The molecule has 8 nitrogen and oxygen atoms in total. The highest BCUT2D eigenvalue weighted by Gasteiger charge is 2.31. The topological polar surface area (TPSA) is 89.1 Å². The van der Waals surface area contributed by atoms with E-state index in [0.29, 0.717) is 19.0 Å². The van der Waals surface area contributed by atoms with Crippen LogP contribution in [0.15, 0.2) is 28.7 Å². The number of aryl methyl sites for hydroxylation is 1. The van der Waals surface area contributed by atoms with Crippen molar-refractivity contribution in [2.45, 2.75) is 32.6 Å². The van der Waals surface area contributed by atoms with Gasteiger partial charge in [-0.3, -0.25) is 9.69 Å². The number of amides is 1. The Morgan fingerprint density at radius 2 is 2.21 bits per heavy atom. The summed E-state index contributed by atoms with van der Waals surface area (Å²) < 4.78 is 7.62. The highest BCUT2D eigenvalue weighted by Crippen LogP contribution is 2.17. The predicted molar refractivity (Wildman–Crippen MR) is 85.9 cm³/mol. The first kappa shape index (κ1) is 14.8. The fourth-order valence-corrected chi connectivity index (χ4v) is 2.98. The van der Waals surface area contributed by atoms with E-state index in [0.717, 1.165) is 22.7 Å². The Morgan fingerprint density at radius 3 is 3.04 bits per heavy atom. The molecule has 0 radical (unpaired) electrons. The fourth-order valence-electron chi connectivity index (χ4n) is 2.98. The Morgan fingerprint density at radius 1 is 1.38 bits per heavy atom. The number of oxazole rings is 1. The fraction of sp³-hybridized carbons (Fsp3) is 0.375. The monoisotopic (exact) mass is 326 g/mol. The van der Waals surface area contributed by atoms with Gasteiger partial charge in [0, 0.05) is 0 Å². The highest BCUT2D eigenvalue weighted by molar-refractivity contribution is 5.81. The third kappa shape index (κ3) is 2.54. The lowest BCUT2D eigenvalue weighted by molar-refractivity contribution is -0.127. The van der Waals surface area contributed by atoms with Gasteiger partial charge in [-0.25, -0.2) is 4.98 Å². The van der Waals surface area contributed by atoms with Crippen molar-refractivity contribution in [2.24, 2.45) is 0 Å². The summed E-state index contributed by atoms with van der Waals surface area (Å²) in [5.41, 5.74) is 1.52. The van der Waals surface area contributed by atoms with E-state index in [4.69, 9.17) is 4.42 Å². The molecule has 0 spiro atoms. The van der Waals surface area contributed by atoms with Gasteiger partial charge in [0.25, 0.3) is 0 Å². The van der Waals surface area contributed by atoms with E-state index in [1.54, 1.807) is 0 Å². The molecule has 1 aliphatic heterocycles. The van der Waals surface area contributed by atoms with Crippen molar-refractivity contribution >= 4 is 17.0 Å². The molecule has 4 rings (SSSR count). The zero-order valence-electron chi connectivity index (χ0n) is 13.6. The number of carbonyl (C=O) groups excluding carboxylic acids is 1. The zero-order valence-corrected chi connectivity index (χ0v) is 13.6. The molecule has 0 fully saturated rings. The first-order valence-corrected chi connectivity index (χ1v) is 7.83. The van der Waals surface area contributed by atoms with E-state index >= 15 is 0 Å². The van der Waals surface area contributed by atoms with E-state index in [9.17, 15) is 4.79 Å². The molecule has 1 aromatic carbocycles. The van der Waals surface area contributed by atoms with Crippen LogP contribution in [-0.4, -0.2) is 43.6 Å². The average molecular weight is 326 g/mol. The van der Waals surface area contributed by atoms with Crippen LogP contribution in [0, 0.1) is 6.92 Å². The third-order valence-corrected chi connectivity index (χ3v) is 4.35. The smallest absolute Gasteiger partial charge is 0.239 e. The highest BCUT2D eigenvalue weighted by atomic mass is 16.3. The van der Waals surface area contributed by atoms with Crippen molar-refractivity contribution < 1.29 is 9.21 Å². The van der Waals surface area contributed by atoms with Crippen LogP contribution in [-0.2, 0) is 24.4 Å².